The first kappa shape index (κ1) is 13.2. The Morgan fingerprint density at radius 2 is 2.12 bits per heavy atom. The minimum absolute atomic E-state index is 0. The number of benzene rings is 1. The fraction of sp³-hybridized carbons (Fsp3) is 0.182. The molecule has 1 amide bonds. The number of H-pyrrole nitrogens is 1. The van der Waals surface area contributed by atoms with Crippen LogP contribution in [-0.4, -0.2) is 21.1 Å². The summed E-state index contributed by atoms with van der Waals surface area (Å²) in [6, 6.07) is 5.88. The smallest absolute Gasteiger partial charge is 0.292 e. The molecule has 0 saturated heterocycles. The van der Waals surface area contributed by atoms with Gasteiger partial charge in [-0.05, 0) is 31.0 Å². The van der Waals surface area contributed by atoms with Gasteiger partial charge < -0.3 is 5.32 Å². The van der Waals surface area contributed by atoms with Crippen LogP contribution in [-0.2, 0) is 0 Å². The van der Waals surface area contributed by atoms with E-state index < -0.39 is 0 Å². The molecule has 2 rings (SSSR count). The molecule has 17 heavy (non-hydrogen) atoms. The summed E-state index contributed by atoms with van der Waals surface area (Å²) in [6.45, 7) is 3.92. The molecule has 0 atom stereocenters. The van der Waals surface area contributed by atoms with Gasteiger partial charge in [-0.25, -0.2) is 4.98 Å². The first-order chi connectivity index (χ1) is 7.66. The Morgan fingerprint density at radius 1 is 1.35 bits per heavy atom. The van der Waals surface area contributed by atoms with Gasteiger partial charge >= 0.3 is 0 Å². The zero-order chi connectivity index (χ0) is 11.5. The molecule has 6 heteroatoms. The average molecular weight is 253 g/mol. The SMILES string of the molecule is Cc1ccc(C)c(NC(=O)c2ncn[nH]2)c1.Cl. The Morgan fingerprint density at radius 3 is 2.76 bits per heavy atom. The molecule has 0 saturated carbocycles. The van der Waals surface area contributed by atoms with Crippen molar-refractivity contribution in [3.63, 3.8) is 0 Å². The fourth-order valence-corrected chi connectivity index (χ4v) is 1.37. The molecular formula is C11H13ClN4O. The number of carbonyl (C=O) groups is 1. The Kier molecular flexibility index (Phi) is 4.23. The second-order valence-corrected chi connectivity index (χ2v) is 3.61. The molecule has 1 heterocycles. The minimum atomic E-state index is -0.286. The maximum atomic E-state index is 11.7. The maximum Gasteiger partial charge on any atom is 0.292 e. The summed E-state index contributed by atoms with van der Waals surface area (Å²) in [7, 11) is 0. The third kappa shape index (κ3) is 3.04. The van der Waals surface area contributed by atoms with E-state index in [1.807, 2.05) is 32.0 Å². The fourth-order valence-electron chi connectivity index (χ4n) is 1.37. The van der Waals surface area contributed by atoms with Crippen molar-refractivity contribution >= 4 is 24.0 Å². The van der Waals surface area contributed by atoms with E-state index in [9.17, 15) is 4.79 Å². The zero-order valence-corrected chi connectivity index (χ0v) is 10.3. The molecule has 0 aliphatic heterocycles. The summed E-state index contributed by atoms with van der Waals surface area (Å²) in [6.07, 6.45) is 1.30. The predicted octanol–water partition coefficient (Wildman–Crippen LogP) is 2.10. The largest absolute Gasteiger partial charge is 0.319 e. The highest BCUT2D eigenvalue weighted by Gasteiger charge is 2.09. The van der Waals surface area contributed by atoms with Crippen LogP contribution in [0.3, 0.4) is 0 Å². The molecule has 0 spiro atoms. The Balaban J connectivity index is 0.00000144. The van der Waals surface area contributed by atoms with Crippen molar-refractivity contribution in [2.45, 2.75) is 13.8 Å². The van der Waals surface area contributed by atoms with Crippen molar-refractivity contribution in [1.82, 2.24) is 15.2 Å². The van der Waals surface area contributed by atoms with E-state index in [0.717, 1.165) is 16.8 Å². The number of hydrogen-bond acceptors (Lipinski definition) is 3. The molecular weight excluding hydrogens is 240 g/mol. The number of halogens is 1. The van der Waals surface area contributed by atoms with Gasteiger partial charge in [-0.3, -0.25) is 9.89 Å². The number of nitrogens with one attached hydrogen (secondary N) is 2. The number of aromatic amines is 1. The van der Waals surface area contributed by atoms with Gasteiger partial charge in [-0.15, -0.1) is 12.4 Å². The molecule has 1 aromatic carbocycles. The highest BCUT2D eigenvalue weighted by atomic mass is 35.5. The first-order valence-electron chi connectivity index (χ1n) is 4.91. The van der Waals surface area contributed by atoms with Crippen LogP contribution in [0.25, 0.3) is 0 Å². The molecule has 0 unspecified atom stereocenters. The molecule has 5 nitrogen and oxygen atoms in total. The normalized spacial score (nSPS) is 9.53. The summed E-state index contributed by atoms with van der Waals surface area (Å²) < 4.78 is 0. The highest BCUT2D eigenvalue weighted by molar-refractivity contribution is 6.01. The number of amides is 1. The van der Waals surface area contributed by atoms with Crippen LogP contribution in [0.5, 0.6) is 0 Å². The summed E-state index contributed by atoms with van der Waals surface area (Å²) >= 11 is 0. The standard InChI is InChI=1S/C11H12N4O.ClH/c1-7-3-4-8(2)9(5-7)14-11(16)10-12-6-13-15-10;/h3-6H,1-2H3,(H,14,16)(H,12,13,15);1H. The Labute approximate surface area is 105 Å². The highest BCUT2D eigenvalue weighted by Crippen LogP contribution is 2.16. The quantitative estimate of drug-likeness (QED) is 0.860. The number of nitrogens with zero attached hydrogens (tertiary/aromatic N) is 2. The van der Waals surface area contributed by atoms with Gasteiger partial charge in [0.15, 0.2) is 0 Å². The van der Waals surface area contributed by atoms with Crippen molar-refractivity contribution in [1.29, 1.82) is 0 Å². The molecule has 1 aromatic heterocycles. The third-order valence-corrected chi connectivity index (χ3v) is 2.27. The number of carbonyl (C=O) groups excluding carboxylic acids is 1. The van der Waals surface area contributed by atoms with Gasteiger partial charge in [0.1, 0.15) is 6.33 Å². The second-order valence-electron chi connectivity index (χ2n) is 3.61. The van der Waals surface area contributed by atoms with Crippen molar-refractivity contribution in [2.24, 2.45) is 0 Å². The molecule has 2 N–H and O–H groups in total. The summed E-state index contributed by atoms with van der Waals surface area (Å²) in [5.41, 5.74) is 2.90. The minimum Gasteiger partial charge on any atom is -0.319 e. The van der Waals surface area contributed by atoms with Gasteiger partial charge in [-0.2, -0.15) is 5.10 Å². The number of aryl methyl sites for hydroxylation is 2. The maximum absolute atomic E-state index is 11.7. The van der Waals surface area contributed by atoms with Crippen LogP contribution >= 0.6 is 12.4 Å². The molecule has 2 aromatic rings. The van der Waals surface area contributed by atoms with E-state index in [0.29, 0.717) is 0 Å². The van der Waals surface area contributed by atoms with Gasteiger partial charge in [0.2, 0.25) is 5.82 Å². The van der Waals surface area contributed by atoms with E-state index >= 15 is 0 Å². The third-order valence-electron chi connectivity index (χ3n) is 2.27. The van der Waals surface area contributed by atoms with Crippen LogP contribution in [0, 0.1) is 13.8 Å². The van der Waals surface area contributed by atoms with E-state index in [-0.39, 0.29) is 24.1 Å². The monoisotopic (exact) mass is 252 g/mol. The van der Waals surface area contributed by atoms with E-state index in [4.69, 9.17) is 0 Å². The van der Waals surface area contributed by atoms with Crippen LogP contribution in [0.1, 0.15) is 21.7 Å². The van der Waals surface area contributed by atoms with Crippen LogP contribution in [0.15, 0.2) is 24.5 Å². The number of rotatable bonds is 2. The number of anilines is 1. The van der Waals surface area contributed by atoms with Gasteiger partial charge in [0, 0.05) is 5.69 Å². The number of hydrogen-bond donors (Lipinski definition) is 2. The van der Waals surface area contributed by atoms with Gasteiger partial charge in [-0.1, -0.05) is 12.1 Å². The molecule has 90 valence electrons. The van der Waals surface area contributed by atoms with Crippen molar-refractivity contribution in [3.05, 3.63) is 41.5 Å². The van der Waals surface area contributed by atoms with E-state index in [1.165, 1.54) is 6.33 Å². The van der Waals surface area contributed by atoms with E-state index in [1.54, 1.807) is 0 Å². The lowest BCUT2D eigenvalue weighted by Crippen LogP contribution is -2.14. The lowest BCUT2D eigenvalue weighted by Gasteiger charge is -2.07. The Bertz CT molecular complexity index is 510. The van der Waals surface area contributed by atoms with Gasteiger partial charge in [0.25, 0.3) is 5.91 Å². The van der Waals surface area contributed by atoms with Crippen LogP contribution in [0.2, 0.25) is 0 Å². The first-order valence-corrected chi connectivity index (χ1v) is 4.91. The van der Waals surface area contributed by atoms with Crippen molar-refractivity contribution < 1.29 is 4.79 Å². The lowest BCUT2D eigenvalue weighted by molar-refractivity contribution is 0.101. The van der Waals surface area contributed by atoms with E-state index in [2.05, 4.69) is 20.5 Å². The zero-order valence-electron chi connectivity index (χ0n) is 9.52. The molecule has 0 aliphatic carbocycles. The molecule has 0 bridgehead atoms. The molecule has 0 radical (unpaired) electrons. The van der Waals surface area contributed by atoms with Crippen LogP contribution in [0.4, 0.5) is 5.69 Å². The average Bonchev–Trinajstić information content (AvgIpc) is 2.76. The van der Waals surface area contributed by atoms with Crippen LogP contribution < -0.4 is 5.32 Å². The summed E-state index contributed by atoms with van der Waals surface area (Å²) in [5, 5.41) is 8.93. The molecule has 0 fully saturated rings. The second kappa shape index (κ2) is 5.45. The summed E-state index contributed by atoms with van der Waals surface area (Å²) in [4.78, 5) is 15.5. The topological polar surface area (TPSA) is 70.7 Å². The number of aromatic nitrogens is 3. The van der Waals surface area contributed by atoms with Crippen molar-refractivity contribution in [3.8, 4) is 0 Å². The van der Waals surface area contributed by atoms with Gasteiger partial charge in [0.05, 0.1) is 0 Å². The summed E-state index contributed by atoms with van der Waals surface area (Å²) in [5.74, 6) is -0.0768. The predicted molar refractivity (Wildman–Crippen MR) is 67.5 cm³/mol. The van der Waals surface area contributed by atoms with Crippen molar-refractivity contribution in [2.75, 3.05) is 5.32 Å². The lowest BCUT2D eigenvalue weighted by atomic mass is 10.1. The Hall–Kier alpha value is -1.88. The molecule has 0 aliphatic rings.